The summed E-state index contributed by atoms with van der Waals surface area (Å²) in [5, 5.41) is 14.7. The summed E-state index contributed by atoms with van der Waals surface area (Å²) in [6.07, 6.45) is 0. The lowest BCUT2D eigenvalue weighted by molar-refractivity contribution is 0.807. The zero-order chi connectivity index (χ0) is 13.0. The fraction of sp³-hybridized carbons (Fsp3) is 0.0909. The first-order chi connectivity index (χ1) is 8.69. The molecule has 2 N–H and O–H groups in total. The molecule has 0 amide bonds. The molecule has 1 aromatic carbocycles. The van der Waals surface area contributed by atoms with Crippen LogP contribution in [0.1, 0.15) is 11.1 Å². The molecule has 0 spiro atoms. The molecule has 18 heavy (non-hydrogen) atoms. The SMILES string of the molecule is N#Cc1ccc(CSc2n[nH]c(=O)[nH]c2=O)cc1. The van der Waals surface area contributed by atoms with E-state index in [-0.39, 0.29) is 5.03 Å². The van der Waals surface area contributed by atoms with Crippen molar-refractivity contribution in [1.82, 2.24) is 15.2 Å². The van der Waals surface area contributed by atoms with Crippen LogP contribution < -0.4 is 11.2 Å². The quantitative estimate of drug-likeness (QED) is 0.788. The average molecular weight is 260 g/mol. The van der Waals surface area contributed by atoms with Gasteiger partial charge in [0.2, 0.25) is 0 Å². The smallest absolute Gasteiger partial charge is 0.271 e. The maximum absolute atomic E-state index is 11.4. The van der Waals surface area contributed by atoms with Crippen molar-refractivity contribution in [3.05, 3.63) is 56.2 Å². The Kier molecular flexibility index (Phi) is 3.60. The second-order valence-electron chi connectivity index (χ2n) is 3.41. The highest BCUT2D eigenvalue weighted by Crippen LogP contribution is 2.16. The number of aromatic nitrogens is 3. The first-order valence-electron chi connectivity index (χ1n) is 5.00. The third-order valence-electron chi connectivity index (χ3n) is 2.14. The van der Waals surface area contributed by atoms with Crippen LogP contribution in [-0.2, 0) is 5.75 Å². The average Bonchev–Trinajstić information content (AvgIpc) is 2.38. The molecule has 0 aliphatic rings. The van der Waals surface area contributed by atoms with E-state index in [9.17, 15) is 9.59 Å². The number of nitriles is 1. The van der Waals surface area contributed by atoms with Gasteiger partial charge < -0.3 is 0 Å². The van der Waals surface area contributed by atoms with E-state index in [1.54, 1.807) is 12.1 Å². The largest absolute Gasteiger partial charge is 0.342 e. The third-order valence-corrected chi connectivity index (χ3v) is 3.17. The monoisotopic (exact) mass is 260 g/mol. The molecule has 0 aliphatic heterocycles. The van der Waals surface area contributed by atoms with Crippen LogP contribution >= 0.6 is 11.8 Å². The van der Waals surface area contributed by atoms with Crippen LogP contribution in [0.15, 0.2) is 38.9 Å². The summed E-state index contributed by atoms with van der Waals surface area (Å²) in [6, 6.07) is 9.07. The number of nitrogens with one attached hydrogen (secondary N) is 2. The molecule has 0 saturated carbocycles. The van der Waals surface area contributed by atoms with Gasteiger partial charge in [-0.3, -0.25) is 9.78 Å². The van der Waals surface area contributed by atoms with Gasteiger partial charge in [0.15, 0.2) is 5.03 Å². The second-order valence-corrected chi connectivity index (χ2v) is 4.37. The van der Waals surface area contributed by atoms with Gasteiger partial charge in [0, 0.05) is 5.75 Å². The number of aromatic amines is 2. The zero-order valence-electron chi connectivity index (χ0n) is 9.14. The van der Waals surface area contributed by atoms with Crippen molar-refractivity contribution in [1.29, 1.82) is 5.26 Å². The second kappa shape index (κ2) is 5.33. The highest BCUT2D eigenvalue weighted by Gasteiger charge is 2.03. The molecule has 0 unspecified atom stereocenters. The summed E-state index contributed by atoms with van der Waals surface area (Å²) in [6.45, 7) is 0. The van der Waals surface area contributed by atoms with Crippen molar-refractivity contribution >= 4 is 11.8 Å². The Labute approximate surface area is 106 Å². The molecule has 6 nitrogen and oxygen atoms in total. The van der Waals surface area contributed by atoms with Crippen molar-refractivity contribution in [2.45, 2.75) is 10.8 Å². The van der Waals surface area contributed by atoms with E-state index >= 15 is 0 Å². The Morgan fingerprint density at radius 1 is 1.28 bits per heavy atom. The predicted octanol–water partition coefficient (Wildman–Crippen LogP) is 0.622. The summed E-state index contributed by atoms with van der Waals surface area (Å²) in [4.78, 5) is 24.2. The molecule has 1 heterocycles. The molecule has 1 aromatic heterocycles. The summed E-state index contributed by atoms with van der Waals surface area (Å²) < 4.78 is 0. The topological polar surface area (TPSA) is 102 Å². The van der Waals surface area contributed by atoms with Gasteiger partial charge >= 0.3 is 5.69 Å². The summed E-state index contributed by atoms with van der Waals surface area (Å²) in [5.41, 5.74) is 0.426. The van der Waals surface area contributed by atoms with Crippen LogP contribution in [0.4, 0.5) is 0 Å². The van der Waals surface area contributed by atoms with Crippen LogP contribution in [0.3, 0.4) is 0 Å². The van der Waals surface area contributed by atoms with Gasteiger partial charge in [0.05, 0.1) is 11.6 Å². The lowest BCUT2D eigenvalue weighted by Crippen LogP contribution is -2.24. The van der Waals surface area contributed by atoms with Crippen molar-refractivity contribution in [3.63, 3.8) is 0 Å². The Morgan fingerprint density at radius 2 is 2.00 bits per heavy atom. The summed E-state index contributed by atoms with van der Waals surface area (Å²) in [5.74, 6) is 0.536. The Morgan fingerprint density at radius 3 is 2.61 bits per heavy atom. The van der Waals surface area contributed by atoms with E-state index < -0.39 is 11.2 Å². The molecule has 2 aromatic rings. The van der Waals surface area contributed by atoms with E-state index in [1.807, 2.05) is 18.2 Å². The van der Waals surface area contributed by atoms with Crippen molar-refractivity contribution in [2.24, 2.45) is 0 Å². The molecule has 0 bridgehead atoms. The molecule has 0 atom stereocenters. The van der Waals surface area contributed by atoms with Crippen molar-refractivity contribution in [3.8, 4) is 6.07 Å². The van der Waals surface area contributed by atoms with Crippen LogP contribution in [0.25, 0.3) is 0 Å². The number of benzene rings is 1. The molecule has 0 saturated heterocycles. The van der Waals surface area contributed by atoms with Crippen LogP contribution in [0.2, 0.25) is 0 Å². The van der Waals surface area contributed by atoms with E-state index in [2.05, 4.69) is 15.2 Å². The van der Waals surface area contributed by atoms with Gasteiger partial charge in [0.25, 0.3) is 5.56 Å². The minimum absolute atomic E-state index is 0.207. The molecule has 0 aliphatic carbocycles. The Bertz CT molecular complexity index is 696. The van der Waals surface area contributed by atoms with Gasteiger partial charge in [-0.25, -0.2) is 9.89 Å². The van der Waals surface area contributed by atoms with E-state index in [0.29, 0.717) is 11.3 Å². The molecule has 0 fully saturated rings. The number of hydrogen-bond acceptors (Lipinski definition) is 5. The van der Waals surface area contributed by atoms with Gasteiger partial charge in [-0.1, -0.05) is 23.9 Å². The van der Waals surface area contributed by atoms with Gasteiger partial charge in [-0.15, -0.1) is 0 Å². The summed E-state index contributed by atoms with van der Waals surface area (Å²) >= 11 is 1.21. The minimum atomic E-state index is -0.622. The Hall–Kier alpha value is -2.33. The fourth-order valence-electron chi connectivity index (χ4n) is 1.26. The number of rotatable bonds is 3. The predicted molar refractivity (Wildman–Crippen MR) is 66.2 cm³/mol. The van der Waals surface area contributed by atoms with E-state index in [4.69, 9.17) is 5.26 Å². The molecular formula is C11H8N4O2S. The van der Waals surface area contributed by atoms with Crippen LogP contribution in [0.5, 0.6) is 0 Å². The van der Waals surface area contributed by atoms with Crippen molar-refractivity contribution < 1.29 is 0 Å². The zero-order valence-corrected chi connectivity index (χ0v) is 9.95. The molecule has 7 heteroatoms. The third kappa shape index (κ3) is 2.87. The maximum Gasteiger partial charge on any atom is 0.342 e. The van der Waals surface area contributed by atoms with Crippen molar-refractivity contribution in [2.75, 3.05) is 0 Å². The fourth-order valence-corrected chi connectivity index (χ4v) is 2.05. The lowest BCUT2D eigenvalue weighted by Gasteiger charge is -1.99. The highest BCUT2D eigenvalue weighted by atomic mass is 32.2. The minimum Gasteiger partial charge on any atom is -0.271 e. The molecule has 2 rings (SSSR count). The van der Waals surface area contributed by atoms with Gasteiger partial charge in [0.1, 0.15) is 0 Å². The first-order valence-corrected chi connectivity index (χ1v) is 5.98. The normalized spacial score (nSPS) is 9.94. The number of hydrogen-bond donors (Lipinski definition) is 2. The number of thioether (sulfide) groups is 1. The van der Waals surface area contributed by atoms with Crippen LogP contribution in [0, 0.1) is 11.3 Å². The first kappa shape index (κ1) is 12.1. The lowest BCUT2D eigenvalue weighted by atomic mass is 10.2. The highest BCUT2D eigenvalue weighted by molar-refractivity contribution is 7.98. The summed E-state index contributed by atoms with van der Waals surface area (Å²) in [7, 11) is 0. The molecular weight excluding hydrogens is 252 g/mol. The molecule has 90 valence electrons. The standard InChI is InChI=1S/C11H8N4O2S/c12-5-7-1-3-8(4-2-7)6-18-10-9(16)13-11(17)15-14-10/h1-4H,6H2,(H2,13,15,16,17). The van der Waals surface area contributed by atoms with E-state index in [1.165, 1.54) is 11.8 Å². The molecule has 0 radical (unpaired) electrons. The Balaban J connectivity index is 2.09. The van der Waals surface area contributed by atoms with Gasteiger partial charge in [-0.05, 0) is 17.7 Å². The maximum atomic E-state index is 11.4. The van der Waals surface area contributed by atoms with Crippen LogP contribution in [-0.4, -0.2) is 15.2 Å². The number of H-pyrrole nitrogens is 2. The number of nitrogens with zero attached hydrogens (tertiary/aromatic N) is 2. The van der Waals surface area contributed by atoms with E-state index in [0.717, 1.165) is 5.56 Å². The van der Waals surface area contributed by atoms with Gasteiger partial charge in [-0.2, -0.15) is 10.4 Å².